The highest BCUT2D eigenvalue weighted by Gasteiger charge is 2.12. The van der Waals surface area contributed by atoms with E-state index in [0.29, 0.717) is 43.7 Å². The summed E-state index contributed by atoms with van der Waals surface area (Å²) in [4.78, 5) is 19.0. The average Bonchev–Trinajstić information content (AvgIpc) is 2.77. The summed E-state index contributed by atoms with van der Waals surface area (Å²) in [5, 5.41) is 6.39. The Morgan fingerprint density at radius 2 is 1.83 bits per heavy atom. The zero-order valence-electron chi connectivity index (χ0n) is 18.3. The van der Waals surface area contributed by atoms with E-state index < -0.39 is 0 Å². The highest BCUT2D eigenvalue weighted by Crippen LogP contribution is 2.30. The number of nitrogens with zero attached hydrogens (tertiary/aromatic N) is 2. The Morgan fingerprint density at radius 3 is 2.47 bits per heavy atom. The fraction of sp³-hybridized carbons (Fsp3) is 0.391. The van der Waals surface area contributed by atoms with Gasteiger partial charge < -0.3 is 25.0 Å². The Morgan fingerprint density at radius 1 is 1.07 bits per heavy atom. The zero-order chi connectivity index (χ0) is 21.8. The van der Waals surface area contributed by atoms with Gasteiger partial charge in [-0.05, 0) is 38.5 Å². The standard InChI is InChI=1S/C23H32N4O3/c1-5-24-23(26-19-13-14-20(29-4)21(15-19)30-7-3)25-16-22(28)27(6-2)17-18-11-9-8-10-12-18/h8-15H,5-7,16-17H2,1-4H3,(H2,24,25,26). The van der Waals surface area contributed by atoms with Crippen molar-refractivity contribution >= 4 is 17.6 Å². The number of ether oxygens (including phenoxy) is 2. The molecule has 162 valence electrons. The second-order valence-corrected chi connectivity index (χ2v) is 6.51. The molecule has 0 unspecified atom stereocenters. The van der Waals surface area contributed by atoms with Gasteiger partial charge in [0.25, 0.3) is 0 Å². The van der Waals surface area contributed by atoms with Crippen LogP contribution in [0.4, 0.5) is 5.69 Å². The number of hydrogen-bond donors (Lipinski definition) is 2. The summed E-state index contributed by atoms with van der Waals surface area (Å²) in [5.74, 6) is 1.83. The minimum absolute atomic E-state index is 0.0247. The Bertz CT molecular complexity index is 824. The average molecular weight is 413 g/mol. The molecule has 2 N–H and O–H groups in total. The van der Waals surface area contributed by atoms with Crippen LogP contribution >= 0.6 is 0 Å². The van der Waals surface area contributed by atoms with Crippen molar-refractivity contribution in [1.82, 2.24) is 10.2 Å². The van der Waals surface area contributed by atoms with E-state index in [1.807, 2.05) is 69.3 Å². The van der Waals surface area contributed by atoms with E-state index in [0.717, 1.165) is 11.3 Å². The van der Waals surface area contributed by atoms with Crippen LogP contribution in [0.5, 0.6) is 11.5 Å². The van der Waals surface area contributed by atoms with Crippen molar-refractivity contribution < 1.29 is 14.3 Å². The van der Waals surface area contributed by atoms with Crippen LogP contribution < -0.4 is 20.1 Å². The van der Waals surface area contributed by atoms with E-state index in [-0.39, 0.29) is 12.5 Å². The maximum atomic E-state index is 12.7. The van der Waals surface area contributed by atoms with Gasteiger partial charge in [-0.3, -0.25) is 4.79 Å². The minimum Gasteiger partial charge on any atom is -0.493 e. The summed E-state index contributed by atoms with van der Waals surface area (Å²) >= 11 is 0. The van der Waals surface area contributed by atoms with Crippen LogP contribution in [0.25, 0.3) is 0 Å². The number of hydrogen-bond acceptors (Lipinski definition) is 4. The fourth-order valence-electron chi connectivity index (χ4n) is 2.89. The first-order valence-electron chi connectivity index (χ1n) is 10.3. The molecule has 0 spiro atoms. The van der Waals surface area contributed by atoms with Crippen molar-refractivity contribution in [3.63, 3.8) is 0 Å². The van der Waals surface area contributed by atoms with Gasteiger partial charge in [-0.15, -0.1) is 0 Å². The van der Waals surface area contributed by atoms with Gasteiger partial charge in [0, 0.05) is 31.4 Å². The highest BCUT2D eigenvalue weighted by molar-refractivity contribution is 5.95. The predicted molar refractivity (Wildman–Crippen MR) is 121 cm³/mol. The van der Waals surface area contributed by atoms with E-state index in [4.69, 9.17) is 9.47 Å². The van der Waals surface area contributed by atoms with Gasteiger partial charge in [0.2, 0.25) is 5.91 Å². The van der Waals surface area contributed by atoms with Gasteiger partial charge in [0.1, 0.15) is 6.54 Å². The first-order chi connectivity index (χ1) is 14.6. The predicted octanol–water partition coefficient (Wildman–Crippen LogP) is 3.52. The number of methoxy groups -OCH3 is 1. The molecule has 0 atom stereocenters. The van der Waals surface area contributed by atoms with Gasteiger partial charge in [-0.2, -0.15) is 0 Å². The van der Waals surface area contributed by atoms with Crippen molar-refractivity contribution in [2.45, 2.75) is 27.3 Å². The van der Waals surface area contributed by atoms with Crippen molar-refractivity contribution in [3.8, 4) is 11.5 Å². The van der Waals surface area contributed by atoms with Crippen molar-refractivity contribution in [1.29, 1.82) is 0 Å². The number of aliphatic imine (C=N–C) groups is 1. The van der Waals surface area contributed by atoms with Crippen LogP contribution in [0.15, 0.2) is 53.5 Å². The second kappa shape index (κ2) is 12.4. The van der Waals surface area contributed by atoms with Gasteiger partial charge in [-0.25, -0.2) is 4.99 Å². The third-order valence-corrected chi connectivity index (χ3v) is 4.39. The third-order valence-electron chi connectivity index (χ3n) is 4.39. The number of amides is 1. The summed E-state index contributed by atoms with van der Waals surface area (Å²) in [6, 6.07) is 15.5. The largest absolute Gasteiger partial charge is 0.493 e. The second-order valence-electron chi connectivity index (χ2n) is 6.51. The molecule has 2 aromatic rings. The summed E-state index contributed by atoms with van der Waals surface area (Å²) in [6.45, 7) is 8.35. The monoisotopic (exact) mass is 412 g/mol. The number of carbonyl (C=O) groups excluding carboxylic acids is 1. The van der Waals surface area contributed by atoms with Crippen molar-refractivity contribution in [2.24, 2.45) is 4.99 Å². The smallest absolute Gasteiger partial charge is 0.244 e. The van der Waals surface area contributed by atoms with Crippen LogP contribution in [-0.2, 0) is 11.3 Å². The number of nitrogens with one attached hydrogen (secondary N) is 2. The molecule has 0 saturated heterocycles. The van der Waals surface area contributed by atoms with Crippen LogP contribution in [0.2, 0.25) is 0 Å². The lowest BCUT2D eigenvalue weighted by atomic mass is 10.2. The quantitative estimate of drug-likeness (QED) is 0.461. The molecule has 2 rings (SSSR count). The third kappa shape index (κ3) is 6.99. The molecular formula is C23H32N4O3. The van der Waals surface area contributed by atoms with Gasteiger partial charge in [0.15, 0.2) is 17.5 Å². The number of guanidine groups is 1. The molecule has 0 bridgehead atoms. The summed E-state index contributed by atoms with van der Waals surface area (Å²) < 4.78 is 10.9. The van der Waals surface area contributed by atoms with Crippen LogP contribution in [0.3, 0.4) is 0 Å². The van der Waals surface area contributed by atoms with Crippen LogP contribution in [0, 0.1) is 0 Å². The minimum atomic E-state index is -0.0247. The summed E-state index contributed by atoms with van der Waals surface area (Å²) in [5.41, 5.74) is 1.89. The summed E-state index contributed by atoms with van der Waals surface area (Å²) in [6.07, 6.45) is 0. The van der Waals surface area contributed by atoms with E-state index in [1.165, 1.54) is 0 Å². The molecule has 2 aromatic carbocycles. The number of likely N-dealkylation sites (N-methyl/N-ethyl adjacent to an activating group) is 1. The molecule has 0 fully saturated rings. The van der Waals surface area contributed by atoms with Gasteiger partial charge in [-0.1, -0.05) is 30.3 Å². The van der Waals surface area contributed by atoms with Crippen LogP contribution in [0.1, 0.15) is 26.3 Å². The molecule has 1 amide bonds. The lowest BCUT2D eigenvalue weighted by Crippen LogP contribution is -2.35. The van der Waals surface area contributed by atoms with E-state index in [2.05, 4.69) is 15.6 Å². The molecular weight excluding hydrogens is 380 g/mol. The van der Waals surface area contributed by atoms with Crippen LogP contribution in [-0.4, -0.2) is 50.1 Å². The fourth-order valence-corrected chi connectivity index (χ4v) is 2.89. The SMILES string of the molecule is CCNC(=NCC(=O)N(CC)Cc1ccccc1)Nc1ccc(OC)c(OCC)c1. The molecule has 0 aromatic heterocycles. The van der Waals surface area contributed by atoms with E-state index in [9.17, 15) is 4.79 Å². The molecule has 0 heterocycles. The summed E-state index contributed by atoms with van der Waals surface area (Å²) in [7, 11) is 1.61. The first kappa shape index (κ1) is 23.1. The zero-order valence-corrected chi connectivity index (χ0v) is 18.3. The number of anilines is 1. The van der Waals surface area contributed by atoms with E-state index in [1.54, 1.807) is 12.0 Å². The topological polar surface area (TPSA) is 75.2 Å². The number of carbonyl (C=O) groups is 1. The first-order valence-corrected chi connectivity index (χ1v) is 10.3. The Hall–Kier alpha value is -3.22. The maximum absolute atomic E-state index is 12.7. The van der Waals surface area contributed by atoms with E-state index >= 15 is 0 Å². The molecule has 0 aliphatic rings. The lowest BCUT2D eigenvalue weighted by molar-refractivity contribution is -0.130. The molecule has 30 heavy (non-hydrogen) atoms. The van der Waals surface area contributed by atoms with Gasteiger partial charge in [0.05, 0.1) is 13.7 Å². The number of rotatable bonds is 10. The highest BCUT2D eigenvalue weighted by atomic mass is 16.5. The molecule has 7 nitrogen and oxygen atoms in total. The lowest BCUT2D eigenvalue weighted by Gasteiger charge is -2.20. The Balaban J connectivity index is 2.07. The Kier molecular flexibility index (Phi) is 9.51. The molecule has 0 radical (unpaired) electrons. The van der Waals surface area contributed by atoms with Gasteiger partial charge >= 0.3 is 0 Å². The van der Waals surface area contributed by atoms with Crippen molar-refractivity contribution in [3.05, 3.63) is 54.1 Å². The molecule has 0 aliphatic carbocycles. The molecule has 0 aliphatic heterocycles. The maximum Gasteiger partial charge on any atom is 0.244 e. The van der Waals surface area contributed by atoms with Crippen molar-refractivity contribution in [2.75, 3.05) is 38.7 Å². The number of benzene rings is 2. The molecule has 7 heteroatoms. The Labute approximate surface area is 179 Å². The molecule has 0 saturated carbocycles. The normalized spacial score (nSPS) is 11.0.